The smallest absolute Gasteiger partial charge is 0.433 e. The van der Waals surface area contributed by atoms with Crippen LogP contribution in [0.2, 0.25) is 0 Å². The second-order valence-electron chi connectivity index (χ2n) is 6.50. The van der Waals surface area contributed by atoms with Crippen molar-refractivity contribution >= 4 is 17.5 Å². The molecule has 5 nitrogen and oxygen atoms in total. The number of hydrogen-bond donors (Lipinski definition) is 1. The molecule has 31 heavy (non-hydrogen) atoms. The second-order valence-corrected chi connectivity index (χ2v) is 6.50. The normalized spacial score (nSPS) is 11.1. The number of carbonyl (C=O) groups excluding carboxylic acids is 1. The number of ether oxygens (including phenoxy) is 1. The molecule has 2 aromatic carbocycles. The summed E-state index contributed by atoms with van der Waals surface area (Å²) in [7, 11) is 0. The number of allylic oxidation sites excluding steroid dienone is 1. The first kappa shape index (κ1) is 22.0. The lowest BCUT2D eigenvalue weighted by atomic mass is 10.1. The summed E-state index contributed by atoms with van der Waals surface area (Å²) in [5.41, 5.74) is 0.119. The fraction of sp³-hybridized carbons (Fsp3) is 0.174. The van der Waals surface area contributed by atoms with Gasteiger partial charge in [0.15, 0.2) is 11.5 Å². The summed E-state index contributed by atoms with van der Waals surface area (Å²) in [6.45, 7) is 5.50. The molecule has 3 aromatic rings. The minimum absolute atomic E-state index is 0.0185. The Labute approximate surface area is 177 Å². The molecule has 0 saturated carbocycles. The van der Waals surface area contributed by atoms with Gasteiger partial charge in [0.2, 0.25) is 0 Å². The zero-order chi connectivity index (χ0) is 22.4. The van der Waals surface area contributed by atoms with Crippen LogP contribution in [-0.4, -0.2) is 22.5 Å². The summed E-state index contributed by atoms with van der Waals surface area (Å²) < 4.78 is 46.3. The fourth-order valence-corrected chi connectivity index (χ4v) is 2.92. The van der Waals surface area contributed by atoms with E-state index in [1.54, 1.807) is 49.4 Å². The first-order valence-electron chi connectivity index (χ1n) is 9.52. The van der Waals surface area contributed by atoms with Gasteiger partial charge in [-0.25, -0.2) is 14.8 Å². The Morgan fingerprint density at radius 1 is 1.10 bits per heavy atom. The molecule has 160 valence electrons. The third-order valence-electron chi connectivity index (χ3n) is 4.31. The molecule has 8 heteroatoms. The van der Waals surface area contributed by atoms with E-state index in [9.17, 15) is 18.0 Å². The SMILES string of the molecule is C=CCc1c(Nc2ccc(C(=O)OCC)cc2)nc(-c2ccccc2)nc1C(F)(F)F. The van der Waals surface area contributed by atoms with Gasteiger partial charge in [-0.15, -0.1) is 6.58 Å². The maximum Gasteiger partial charge on any atom is 0.433 e. The van der Waals surface area contributed by atoms with E-state index in [1.165, 1.54) is 18.2 Å². The van der Waals surface area contributed by atoms with E-state index in [4.69, 9.17) is 4.74 Å². The highest BCUT2D eigenvalue weighted by molar-refractivity contribution is 5.89. The number of esters is 1. The lowest BCUT2D eigenvalue weighted by Gasteiger charge is -2.17. The van der Waals surface area contributed by atoms with Gasteiger partial charge in [-0.1, -0.05) is 36.4 Å². The summed E-state index contributed by atoms with van der Waals surface area (Å²) in [6.07, 6.45) is -3.38. The number of rotatable bonds is 7. The molecular formula is C23H20F3N3O2. The second kappa shape index (κ2) is 9.42. The molecule has 0 unspecified atom stereocenters. The van der Waals surface area contributed by atoms with Crippen molar-refractivity contribution < 1.29 is 22.7 Å². The molecular weight excluding hydrogens is 407 g/mol. The van der Waals surface area contributed by atoms with Crippen molar-refractivity contribution in [3.8, 4) is 11.4 Å². The topological polar surface area (TPSA) is 64.1 Å². The first-order valence-corrected chi connectivity index (χ1v) is 9.52. The van der Waals surface area contributed by atoms with Crippen molar-refractivity contribution in [3.63, 3.8) is 0 Å². The average Bonchev–Trinajstić information content (AvgIpc) is 2.75. The van der Waals surface area contributed by atoms with Crippen molar-refractivity contribution in [2.45, 2.75) is 19.5 Å². The number of carbonyl (C=O) groups is 1. The monoisotopic (exact) mass is 427 g/mol. The number of anilines is 2. The van der Waals surface area contributed by atoms with E-state index in [1.807, 2.05) is 0 Å². The van der Waals surface area contributed by atoms with Crippen molar-refractivity contribution in [2.75, 3.05) is 11.9 Å². The lowest BCUT2D eigenvalue weighted by molar-refractivity contribution is -0.141. The number of nitrogens with one attached hydrogen (secondary N) is 1. The van der Waals surface area contributed by atoms with Crippen LogP contribution in [0.5, 0.6) is 0 Å². The Balaban J connectivity index is 2.07. The summed E-state index contributed by atoms with van der Waals surface area (Å²) in [6, 6.07) is 14.6. The Morgan fingerprint density at radius 2 is 1.77 bits per heavy atom. The molecule has 0 fully saturated rings. The van der Waals surface area contributed by atoms with Crippen molar-refractivity contribution in [3.05, 3.63) is 84.1 Å². The molecule has 3 rings (SSSR count). The van der Waals surface area contributed by atoms with Crippen LogP contribution in [0.3, 0.4) is 0 Å². The fourth-order valence-electron chi connectivity index (χ4n) is 2.92. The molecule has 0 aliphatic carbocycles. The Kier molecular flexibility index (Phi) is 6.69. The Bertz CT molecular complexity index is 1070. The van der Waals surface area contributed by atoms with Gasteiger partial charge < -0.3 is 10.1 Å². The number of aromatic nitrogens is 2. The van der Waals surface area contributed by atoms with Crippen LogP contribution in [0.4, 0.5) is 24.7 Å². The van der Waals surface area contributed by atoms with Crippen LogP contribution >= 0.6 is 0 Å². The highest BCUT2D eigenvalue weighted by atomic mass is 19.4. The van der Waals surface area contributed by atoms with Gasteiger partial charge in [0, 0.05) is 16.8 Å². The van der Waals surface area contributed by atoms with Crippen LogP contribution in [0, 0.1) is 0 Å². The molecule has 0 aliphatic heterocycles. The predicted molar refractivity (Wildman–Crippen MR) is 112 cm³/mol. The summed E-state index contributed by atoms with van der Waals surface area (Å²) in [5.74, 6) is -0.509. The van der Waals surface area contributed by atoms with E-state index in [-0.39, 0.29) is 30.2 Å². The number of nitrogens with zero attached hydrogens (tertiary/aromatic N) is 2. The van der Waals surface area contributed by atoms with Gasteiger partial charge in [-0.05, 0) is 37.6 Å². The standard InChI is InChI=1S/C23H20F3N3O2/c1-3-8-18-19(23(24,25)26)28-20(15-9-6-5-7-10-15)29-21(18)27-17-13-11-16(12-14-17)22(30)31-4-2/h3,5-7,9-14H,1,4,8H2,2H3,(H,27,28,29). The van der Waals surface area contributed by atoms with E-state index in [0.717, 1.165) is 0 Å². The zero-order valence-corrected chi connectivity index (χ0v) is 16.7. The quantitative estimate of drug-likeness (QED) is 0.381. The van der Waals surface area contributed by atoms with E-state index in [0.29, 0.717) is 16.8 Å². The van der Waals surface area contributed by atoms with Crippen molar-refractivity contribution in [1.82, 2.24) is 9.97 Å². The highest BCUT2D eigenvalue weighted by Crippen LogP contribution is 2.36. The Hall–Kier alpha value is -3.68. The lowest BCUT2D eigenvalue weighted by Crippen LogP contribution is -2.16. The van der Waals surface area contributed by atoms with Crippen LogP contribution in [0.1, 0.15) is 28.5 Å². The van der Waals surface area contributed by atoms with Gasteiger partial charge in [-0.3, -0.25) is 0 Å². The van der Waals surface area contributed by atoms with Crippen LogP contribution in [-0.2, 0) is 17.3 Å². The molecule has 0 atom stereocenters. The van der Waals surface area contributed by atoms with Crippen LogP contribution < -0.4 is 5.32 Å². The minimum Gasteiger partial charge on any atom is -0.462 e. The molecule has 0 bridgehead atoms. The highest BCUT2D eigenvalue weighted by Gasteiger charge is 2.37. The molecule has 1 aromatic heterocycles. The van der Waals surface area contributed by atoms with Gasteiger partial charge in [0.25, 0.3) is 0 Å². The zero-order valence-electron chi connectivity index (χ0n) is 16.7. The van der Waals surface area contributed by atoms with E-state index >= 15 is 0 Å². The molecule has 1 heterocycles. The molecule has 0 saturated heterocycles. The van der Waals surface area contributed by atoms with E-state index in [2.05, 4.69) is 21.9 Å². The van der Waals surface area contributed by atoms with Crippen molar-refractivity contribution in [1.29, 1.82) is 0 Å². The largest absolute Gasteiger partial charge is 0.462 e. The minimum atomic E-state index is -4.67. The first-order chi connectivity index (χ1) is 14.8. The summed E-state index contributed by atoms with van der Waals surface area (Å²) >= 11 is 0. The van der Waals surface area contributed by atoms with Crippen molar-refractivity contribution in [2.24, 2.45) is 0 Å². The molecule has 0 radical (unpaired) electrons. The Morgan fingerprint density at radius 3 is 2.35 bits per heavy atom. The number of hydrogen-bond acceptors (Lipinski definition) is 5. The number of alkyl halides is 3. The third kappa shape index (κ3) is 5.28. The third-order valence-corrected chi connectivity index (χ3v) is 4.31. The van der Waals surface area contributed by atoms with E-state index < -0.39 is 17.8 Å². The van der Waals surface area contributed by atoms with Crippen LogP contribution in [0.15, 0.2) is 67.3 Å². The van der Waals surface area contributed by atoms with Gasteiger partial charge in [0.05, 0.1) is 12.2 Å². The summed E-state index contributed by atoms with van der Waals surface area (Å²) in [4.78, 5) is 20.0. The summed E-state index contributed by atoms with van der Waals surface area (Å²) in [5, 5.41) is 2.93. The predicted octanol–water partition coefficient (Wildman–Crippen LogP) is 5.81. The maximum atomic E-state index is 13.8. The van der Waals surface area contributed by atoms with Gasteiger partial charge in [-0.2, -0.15) is 13.2 Å². The van der Waals surface area contributed by atoms with Gasteiger partial charge in [0.1, 0.15) is 5.82 Å². The average molecular weight is 427 g/mol. The van der Waals surface area contributed by atoms with Gasteiger partial charge >= 0.3 is 12.1 Å². The number of halogens is 3. The molecule has 0 spiro atoms. The molecule has 0 amide bonds. The maximum absolute atomic E-state index is 13.8. The molecule has 0 aliphatic rings. The van der Waals surface area contributed by atoms with Crippen LogP contribution in [0.25, 0.3) is 11.4 Å². The molecule has 1 N–H and O–H groups in total. The number of benzene rings is 2.